The summed E-state index contributed by atoms with van der Waals surface area (Å²) in [6.07, 6.45) is 0.575. The molecule has 1 atom stereocenters. The Morgan fingerprint density at radius 2 is 2.33 bits per heavy atom. The smallest absolute Gasteiger partial charge is 0.197 e. The number of nitrogens with zero attached hydrogens (tertiary/aromatic N) is 2. The van der Waals surface area contributed by atoms with Gasteiger partial charge in [0.15, 0.2) is 11.0 Å². The second-order valence-electron chi connectivity index (χ2n) is 3.60. The minimum atomic E-state index is -0.0220. The fourth-order valence-corrected chi connectivity index (χ4v) is 1.82. The summed E-state index contributed by atoms with van der Waals surface area (Å²) < 4.78 is 1.62. The molecule has 2 aromatic rings. The summed E-state index contributed by atoms with van der Waals surface area (Å²) in [6, 6.07) is 5.11. The highest BCUT2D eigenvalue weighted by molar-refractivity contribution is 6.32. The third-order valence-corrected chi connectivity index (χ3v) is 2.45. The number of aromatic hydroxyl groups is 1. The van der Waals surface area contributed by atoms with Crippen molar-refractivity contribution in [3.05, 3.63) is 29.2 Å². The van der Waals surface area contributed by atoms with E-state index in [-0.39, 0.29) is 11.9 Å². The van der Waals surface area contributed by atoms with Gasteiger partial charge in [0.25, 0.3) is 0 Å². The molecule has 0 radical (unpaired) electrons. The predicted molar refractivity (Wildman–Crippen MR) is 59.2 cm³/mol. The topological polar surface area (TPSA) is 63.5 Å². The quantitative estimate of drug-likeness (QED) is 0.816. The van der Waals surface area contributed by atoms with E-state index in [9.17, 15) is 5.11 Å². The second kappa shape index (κ2) is 3.72. The molecule has 1 unspecified atom stereocenters. The van der Waals surface area contributed by atoms with Crippen molar-refractivity contribution < 1.29 is 5.11 Å². The molecule has 2 rings (SSSR count). The third kappa shape index (κ3) is 1.78. The van der Waals surface area contributed by atoms with Crippen molar-refractivity contribution >= 4 is 17.1 Å². The molecule has 0 spiro atoms. The molecule has 0 saturated carbocycles. The number of halogens is 1. The van der Waals surface area contributed by atoms with E-state index in [0.717, 1.165) is 0 Å². The Bertz CT molecular complexity index is 493. The van der Waals surface area contributed by atoms with Crippen molar-refractivity contribution in [2.24, 2.45) is 5.73 Å². The zero-order valence-corrected chi connectivity index (χ0v) is 9.07. The van der Waals surface area contributed by atoms with Crippen LogP contribution < -0.4 is 5.73 Å². The van der Waals surface area contributed by atoms with Crippen LogP contribution in [-0.4, -0.2) is 20.5 Å². The number of aromatic nitrogens is 2. The minimum absolute atomic E-state index is 0.0220. The van der Waals surface area contributed by atoms with Gasteiger partial charge in [-0.1, -0.05) is 17.7 Å². The molecule has 2 aromatic heterocycles. The summed E-state index contributed by atoms with van der Waals surface area (Å²) in [4.78, 5) is 4.18. The number of fused-ring (bicyclic) bond motifs is 1. The van der Waals surface area contributed by atoms with Crippen LogP contribution in [0, 0.1) is 0 Å². The highest BCUT2D eigenvalue weighted by atomic mass is 35.5. The lowest BCUT2D eigenvalue weighted by Gasteiger charge is -2.05. The summed E-state index contributed by atoms with van der Waals surface area (Å²) in [7, 11) is 0. The number of nitrogens with two attached hydrogens (primary N) is 1. The van der Waals surface area contributed by atoms with Crippen molar-refractivity contribution in [3.63, 3.8) is 0 Å². The molecule has 0 bridgehead atoms. The van der Waals surface area contributed by atoms with Crippen LogP contribution in [0.2, 0.25) is 5.15 Å². The van der Waals surface area contributed by atoms with Gasteiger partial charge in [-0.15, -0.1) is 0 Å². The molecule has 4 nitrogen and oxygen atoms in total. The lowest BCUT2D eigenvalue weighted by atomic mass is 10.2. The fraction of sp³-hybridized carbons (Fsp3) is 0.300. The standard InChI is InChI=1S/C10H12ClN3O/c1-6(12)5-8-13-10(11)7-3-2-4-9(15)14(7)8/h2-4,6,15H,5,12H2,1H3. The Hall–Kier alpha value is -1.26. The highest BCUT2D eigenvalue weighted by Crippen LogP contribution is 2.23. The lowest BCUT2D eigenvalue weighted by molar-refractivity contribution is 0.442. The van der Waals surface area contributed by atoms with Crippen LogP contribution in [0.1, 0.15) is 12.7 Å². The number of imidazole rings is 1. The van der Waals surface area contributed by atoms with E-state index in [1.54, 1.807) is 22.6 Å². The molecule has 0 aromatic carbocycles. The SMILES string of the molecule is CC(N)Cc1nc(Cl)c2cccc(O)n12. The summed E-state index contributed by atoms with van der Waals surface area (Å²) >= 11 is 5.95. The molecule has 0 amide bonds. The van der Waals surface area contributed by atoms with Gasteiger partial charge in [-0.3, -0.25) is 4.40 Å². The van der Waals surface area contributed by atoms with E-state index < -0.39 is 0 Å². The summed E-state index contributed by atoms with van der Waals surface area (Å²) in [6.45, 7) is 1.88. The summed E-state index contributed by atoms with van der Waals surface area (Å²) in [5.41, 5.74) is 6.40. The first-order valence-electron chi connectivity index (χ1n) is 4.70. The van der Waals surface area contributed by atoms with Gasteiger partial charge in [0, 0.05) is 12.5 Å². The molecular formula is C10H12ClN3O. The van der Waals surface area contributed by atoms with Crippen LogP contribution in [0.4, 0.5) is 0 Å². The van der Waals surface area contributed by atoms with Gasteiger partial charge in [-0.05, 0) is 19.1 Å². The lowest BCUT2D eigenvalue weighted by Crippen LogP contribution is -2.19. The third-order valence-electron chi connectivity index (χ3n) is 2.17. The molecule has 2 heterocycles. The van der Waals surface area contributed by atoms with Crippen LogP contribution >= 0.6 is 11.6 Å². The van der Waals surface area contributed by atoms with E-state index in [1.807, 2.05) is 6.92 Å². The van der Waals surface area contributed by atoms with Crippen LogP contribution in [0.3, 0.4) is 0 Å². The van der Waals surface area contributed by atoms with Crippen LogP contribution in [0.25, 0.3) is 5.52 Å². The summed E-state index contributed by atoms with van der Waals surface area (Å²) in [5, 5.41) is 10.1. The van der Waals surface area contributed by atoms with E-state index >= 15 is 0 Å². The number of pyridine rings is 1. The average Bonchev–Trinajstić information content (AvgIpc) is 2.44. The zero-order chi connectivity index (χ0) is 11.0. The molecule has 5 heteroatoms. The molecule has 0 fully saturated rings. The van der Waals surface area contributed by atoms with E-state index in [4.69, 9.17) is 17.3 Å². The van der Waals surface area contributed by atoms with Crippen molar-refractivity contribution in [3.8, 4) is 5.88 Å². The highest BCUT2D eigenvalue weighted by Gasteiger charge is 2.12. The number of rotatable bonds is 2. The zero-order valence-electron chi connectivity index (χ0n) is 8.31. The molecule has 0 aliphatic rings. The number of hydrogen-bond acceptors (Lipinski definition) is 3. The molecular weight excluding hydrogens is 214 g/mol. The Balaban J connectivity index is 2.65. The van der Waals surface area contributed by atoms with Crippen molar-refractivity contribution in [2.75, 3.05) is 0 Å². The van der Waals surface area contributed by atoms with Gasteiger partial charge in [-0.25, -0.2) is 4.98 Å². The molecule has 0 aliphatic heterocycles. The van der Waals surface area contributed by atoms with Crippen molar-refractivity contribution in [2.45, 2.75) is 19.4 Å². The van der Waals surface area contributed by atoms with Crippen LogP contribution in [0.15, 0.2) is 18.2 Å². The van der Waals surface area contributed by atoms with Gasteiger partial charge in [0.2, 0.25) is 0 Å². The maximum atomic E-state index is 9.70. The first-order valence-corrected chi connectivity index (χ1v) is 5.08. The monoisotopic (exact) mass is 225 g/mol. The molecule has 15 heavy (non-hydrogen) atoms. The van der Waals surface area contributed by atoms with Crippen LogP contribution in [0.5, 0.6) is 5.88 Å². The Morgan fingerprint density at radius 3 is 3.00 bits per heavy atom. The molecule has 0 aliphatic carbocycles. The maximum absolute atomic E-state index is 9.70. The van der Waals surface area contributed by atoms with Crippen molar-refractivity contribution in [1.82, 2.24) is 9.38 Å². The molecule has 3 N–H and O–H groups in total. The van der Waals surface area contributed by atoms with E-state index in [2.05, 4.69) is 4.98 Å². The molecule has 80 valence electrons. The Kier molecular flexibility index (Phi) is 2.54. The van der Waals surface area contributed by atoms with Gasteiger partial charge < -0.3 is 10.8 Å². The number of hydrogen-bond donors (Lipinski definition) is 2. The van der Waals surface area contributed by atoms with Gasteiger partial charge in [0.1, 0.15) is 5.82 Å². The first kappa shape index (κ1) is 10.3. The van der Waals surface area contributed by atoms with E-state index in [1.165, 1.54) is 0 Å². The van der Waals surface area contributed by atoms with Gasteiger partial charge in [-0.2, -0.15) is 0 Å². The predicted octanol–water partition coefficient (Wildman–Crippen LogP) is 1.58. The molecule has 0 saturated heterocycles. The van der Waals surface area contributed by atoms with Crippen molar-refractivity contribution in [1.29, 1.82) is 0 Å². The maximum Gasteiger partial charge on any atom is 0.197 e. The Labute approximate surface area is 92.3 Å². The Morgan fingerprint density at radius 1 is 1.60 bits per heavy atom. The average molecular weight is 226 g/mol. The summed E-state index contributed by atoms with van der Waals surface area (Å²) in [5.74, 6) is 0.811. The largest absolute Gasteiger partial charge is 0.494 e. The first-order chi connectivity index (χ1) is 7.09. The normalized spacial score (nSPS) is 13.3. The van der Waals surface area contributed by atoms with E-state index in [0.29, 0.717) is 22.9 Å². The fourth-order valence-electron chi connectivity index (χ4n) is 1.58. The van der Waals surface area contributed by atoms with Gasteiger partial charge >= 0.3 is 0 Å². The van der Waals surface area contributed by atoms with Crippen LogP contribution in [-0.2, 0) is 6.42 Å². The second-order valence-corrected chi connectivity index (χ2v) is 3.96. The van der Waals surface area contributed by atoms with Gasteiger partial charge in [0.05, 0.1) is 5.52 Å². The minimum Gasteiger partial charge on any atom is -0.494 e.